The third-order valence-electron chi connectivity index (χ3n) is 7.54. The summed E-state index contributed by atoms with van der Waals surface area (Å²) in [6.07, 6.45) is -6.27. The van der Waals surface area contributed by atoms with Crippen LogP contribution in [0, 0.1) is 5.82 Å². The highest BCUT2D eigenvalue weighted by Gasteiger charge is 2.47. The summed E-state index contributed by atoms with van der Waals surface area (Å²) < 4.78 is 115. The molecule has 0 fully saturated rings. The number of carbonyl (C=O) groups is 2. The number of rotatable bonds is 9. The zero-order chi connectivity index (χ0) is 32.6. The first kappa shape index (κ1) is 31.9. The second-order valence-electron chi connectivity index (χ2n) is 10.7. The van der Waals surface area contributed by atoms with Crippen LogP contribution >= 0.6 is 0 Å². The number of alkyl halides is 6. The molecule has 7 nitrogen and oxygen atoms in total. The first-order valence-corrected chi connectivity index (χ1v) is 13.7. The number of primary amides is 1. The summed E-state index contributed by atoms with van der Waals surface area (Å²) in [5, 5.41) is 6.01. The number of benzene rings is 1. The lowest BCUT2D eigenvalue weighted by Crippen LogP contribution is -2.35. The lowest BCUT2D eigenvalue weighted by Gasteiger charge is -2.27. The Morgan fingerprint density at radius 3 is 2.58 bits per heavy atom. The van der Waals surface area contributed by atoms with Crippen molar-refractivity contribution in [2.75, 3.05) is 0 Å². The molecule has 2 aliphatic rings. The Morgan fingerprint density at radius 1 is 1.13 bits per heavy atom. The van der Waals surface area contributed by atoms with Crippen molar-refractivity contribution < 1.29 is 44.7 Å². The van der Waals surface area contributed by atoms with Gasteiger partial charge < -0.3 is 11.1 Å². The number of nitrogens with two attached hydrogens (primary N) is 1. The Balaban J connectivity index is 1.54. The van der Waals surface area contributed by atoms with Gasteiger partial charge in [0.25, 0.3) is 18.3 Å². The average molecular weight is 640 g/mol. The summed E-state index contributed by atoms with van der Waals surface area (Å²) in [4.78, 5) is 29.4. The van der Waals surface area contributed by atoms with Crippen LogP contribution in [0.15, 0.2) is 60.1 Å². The third-order valence-corrected chi connectivity index (χ3v) is 7.54. The van der Waals surface area contributed by atoms with Gasteiger partial charge in [-0.3, -0.25) is 19.3 Å². The van der Waals surface area contributed by atoms with Crippen LogP contribution in [0.1, 0.15) is 77.3 Å². The molecule has 0 radical (unpaired) electrons. The van der Waals surface area contributed by atoms with Crippen molar-refractivity contribution in [2.24, 2.45) is 5.73 Å². The molecule has 2 aliphatic carbocycles. The highest BCUT2D eigenvalue weighted by molar-refractivity contribution is 5.94. The van der Waals surface area contributed by atoms with E-state index >= 15 is 0 Å². The molecule has 3 atom stereocenters. The van der Waals surface area contributed by atoms with E-state index in [-0.39, 0.29) is 35.2 Å². The minimum absolute atomic E-state index is 0.0732. The van der Waals surface area contributed by atoms with Crippen molar-refractivity contribution in [1.82, 2.24) is 20.1 Å². The molecule has 3 N–H and O–H groups in total. The van der Waals surface area contributed by atoms with Gasteiger partial charge >= 0.3 is 0 Å². The van der Waals surface area contributed by atoms with E-state index in [0.717, 1.165) is 24.3 Å². The fourth-order valence-electron chi connectivity index (χ4n) is 5.64. The predicted octanol–water partition coefficient (Wildman–Crippen LogP) is 6.79. The van der Waals surface area contributed by atoms with Gasteiger partial charge in [-0.25, -0.2) is 26.3 Å². The number of aromatic nitrogens is 3. The molecule has 15 heteroatoms. The van der Waals surface area contributed by atoms with E-state index in [0.29, 0.717) is 4.68 Å². The SMILES string of the molecule is NC(=O)c1cc(-c2cccnc2C(CC2=CC(F)=CC(F)C2)NC(=O)Cn2nc(C(F)F)c3c2C(F)(F)CCC3F)ccc1F. The number of carbonyl (C=O) groups excluding carboxylic acids is 2. The van der Waals surface area contributed by atoms with E-state index in [1.165, 1.54) is 24.4 Å². The third kappa shape index (κ3) is 6.61. The van der Waals surface area contributed by atoms with E-state index < -0.39 is 96.1 Å². The molecule has 2 aromatic heterocycles. The van der Waals surface area contributed by atoms with E-state index in [1.807, 2.05) is 0 Å². The number of hydrogen-bond donors (Lipinski definition) is 2. The van der Waals surface area contributed by atoms with Crippen molar-refractivity contribution >= 4 is 11.8 Å². The summed E-state index contributed by atoms with van der Waals surface area (Å²) in [7, 11) is 0. The van der Waals surface area contributed by atoms with E-state index in [1.54, 1.807) is 0 Å². The average Bonchev–Trinajstić information content (AvgIpc) is 3.36. The second kappa shape index (κ2) is 12.4. The Kier molecular flexibility index (Phi) is 8.81. The van der Waals surface area contributed by atoms with E-state index in [9.17, 15) is 44.7 Å². The lowest BCUT2D eigenvalue weighted by atomic mass is 9.91. The van der Waals surface area contributed by atoms with Crippen molar-refractivity contribution in [3.8, 4) is 11.1 Å². The number of halogens is 8. The fraction of sp³-hybridized carbons (Fsp3) is 0.333. The van der Waals surface area contributed by atoms with E-state index in [2.05, 4.69) is 15.4 Å². The van der Waals surface area contributed by atoms with Crippen molar-refractivity contribution in [1.29, 1.82) is 0 Å². The van der Waals surface area contributed by atoms with Gasteiger partial charge in [0, 0.05) is 30.2 Å². The Labute approximate surface area is 250 Å². The standard InChI is InChI=1S/C30H25F8N5O2/c31-16-8-14(9-17(32)12-16)10-22(25-18(2-1-7-40-25)15-3-4-20(33)19(11-15)29(39)45)41-23(44)13-43-27-24(26(42-43)28(35)36)21(34)5-6-30(27,37)38/h1-4,7-8,11-12,17,21-22,28H,5-6,9-10,13H2,(H2,39,45)(H,41,44). The lowest BCUT2D eigenvalue weighted by molar-refractivity contribution is -0.123. The first-order chi connectivity index (χ1) is 21.2. The molecule has 3 unspecified atom stereocenters. The Morgan fingerprint density at radius 2 is 1.89 bits per heavy atom. The quantitative estimate of drug-likeness (QED) is 0.252. The van der Waals surface area contributed by atoms with Gasteiger partial charge in [0.05, 0.1) is 17.3 Å². The number of nitrogens with one attached hydrogen (secondary N) is 1. The summed E-state index contributed by atoms with van der Waals surface area (Å²) >= 11 is 0. The van der Waals surface area contributed by atoms with E-state index in [4.69, 9.17) is 5.73 Å². The van der Waals surface area contributed by atoms with Crippen LogP contribution < -0.4 is 11.1 Å². The minimum atomic E-state index is -3.75. The second-order valence-corrected chi connectivity index (χ2v) is 10.7. The highest BCUT2D eigenvalue weighted by Crippen LogP contribution is 2.48. The van der Waals surface area contributed by atoms with Gasteiger partial charge in [0.2, 0.25) is 5.91 Å². The molecular formula is C30H25F8N5O2. The Hall–Kier alpha value is -4.56. The molecule has 2 heterocycles. The summed E-state index contributed by atoms with van der Waals surface area (Å²) in [5.41, 5.74) is 2.30. The molecule has 2 amide bonds. The molecule has 1 aromatic carbocycles. The minimum Gasteiger partial charge on any atom is -0.366 e. The molecule has 3 aromatic rings. The van der Waals surface area contributed by atoms with Crippen molar-refractivity contribution in [3.05, 3.63) is 94.1 Å². The van der Waals surface area contributed by atoms with Gasteiger partial charge in [-0.05, 0) is 48.8 Å². The summed E-state index contributed by atoms with van der Waals surface area (Å²) in [6.45, 7) is -1.03. The summed E-state index contributed by atoms with van der Waals surface area (Å²) in [5.74, 6) is -7.62. The first-order valence-electron chi connectivity index (χ1n) is 13.7. The molecule has 238 valence electrons. The van der Waals surface area contributed by atoms with Crippen LogP contribution in [0.5, 0.6) is 0 Å². The molecule has 45 heavy (non-hydrogen) atoms. The maximum Gasteiger partial charge on any atom is 0.289 e. The molecule has 0 spiro atoms. The normalized spacial score (nSPS) is 19.8. The number of fused-ring (bicyclic) bond motifs is 1. The summed E-state index contributed by atoms with van der Waals surface area (Å²) in [6, 6.07) is 5.22. The van der Waals surface area contributed by atoms with Crippen LogP contribution in [-0.2, 0) is 17.3 Å². The zero-order valence-electron chi connectivity index (χ0n) is 23.2. The number of pyridine rings is 1. The fourth-order valence-corrected chi connectivity index (χ4v) is 5.64. The maximum atomic E-state index is 14.9. The van der Waals surface area contributed by atoms with Gasteiger partial charge in [-0.15, -0.1) is 0 Å². The number of hydrogen-bond acceptors (Lipinski definition) is 4. The molecule has 0 saturated carbocycles. The van der Waals surface area contributed by atoms with Crippen LogP contribution in [-0.4, -0.2) is 32.8 Å². The van der Waals surface area contributed by atoms with Gasteiger partial charge in [-0.2, -0.15) is 13.9 Å². The maximum absolute atomic E-state index is 14.9. The Bertz CT molecular complexity index is 1700. The van der Waals surface area contributed by atoms with Crippen LogP contribution in [0.25, 0.3) is 11.1 Å². The van der Waals surface area contributed by atoms with Crippen molar-refractivity contribution in [3.63, 3.8) is 0 Å². The molecule has 5 rings (SSSR count). The molecule has 0 saturated heterocycles. The van der Waals surface area contributed by atoms with Crippen molar-refractivity contribution in [2.45, 2.75) is 63.0 Å². The number of amides is 2. The molecule has 0 aliphatic heterocycles. The van der Waals surface area contributed by atoms with Crippen LogP contribution in [0.2, 0.25) is 0 Å². The van der Waals surface area contributed by atoms with Gasteiger partial charge in [0.1, 0.15) is 41.9 Å². The smallest absolute Gasteiger partial charge is 0.289 e. The monoisotopic (exact) mass is 639 g/mol. The molecular weight excluding hydrogens is 614 g/mol. The largest absolute Gasteiger partial charge is 0.366 e. The topological polar surface area (TPSA) is 103 Å². The molecule has 0 bridgehead atoms. The highest BCUT2D eigenvalue weighted by atomic mass is 19.3. The number of nitrogens with zero attached hydrogens (tertiary/aromatic N) is 3. The van der Waals surface area contributed by atoms with Gasteiger partial charge in [-0.1, -0.05) is 17.7 Å². The number of allylic oxidation sites excluding steroid dienone is 3. The van der Waals surface area contributed by atoms with Gasteiger partial charge in [0.15, 0.2) is 0 Å². The van der Waals surface area contributed by atoms with Crippen LogP contribution in [0.3, 0.4) is 0 Å². The zero-order valence-corrected chi connectivity index (χ0v) is 23.2. The van der Waals surface area contributed by atoms with Crippen LogP contribution in [0.4, 0.5) is 35.1 Å². The predicted molar refractivity (Wildman–Crippen MR) is 145 cm³/mol.